The van der Waals surface area contributed by atoms with Crippen LogP contribution in [0.5, 0.6) is 5.75 Å². The molecule has 1 saturated heterocycles. The van der Waals surface area contributed by atoms with Crippen molar-refractivity contribution in [3.05, 3.63) is 77.9 Å². The molecule has 2 nitrogen and oxygen atoms in total. The average molecular weight is 437 g/mol. The Labute approximate surface area is 189 Å². The predicted molar refractivity (Wildman–Crippen MR) is 125 cm³/mol. The van der Waals surface area contributed by atoms with Crippen molar-refractivity contribution < 1.29 is 18.3 Å². The van der Waals surface area contributed by atoms with Gasteiger partial charge < -0.3 is 9.47 Å². The minimum absolute atomic E-state index is 0.0605. The molecule has 0 N–H and O–H groups in total. The van der Waals surface area contributed by atoms with Gasteiger partial charge in [-0.1, -0.05) is 61.9 Å². The topological polar surface area (TPSA) is 18.5 Å². The van der Waals surface area contributed by atoms with Gasteiger partial charge in [0, 0.05) is 11.5 Å². The van der Waals surface area contributed by atoms with Gasteiger partial charge in [0.05, 0.1) is 19.3 Å². The van der Waals surface area contributed by atoms with Gasteiger partial charge in [0.2, 0.25) is 5.82 Å². The number of rotatable bonds is 7. The quantitative estimate of drug-likeness (QED) is 0.377. The van der Waals surface area contributed by atoms with E-state index >= 15 is 0 Å². The fourth-order valence-electron chi connectivity index (χ4n) is 4.43. The maximum Gasteiger partial charge on any atom is 0.201 e. The lowest BCUT2D eigenvalue weighted by Crippen LogP contribution is -2.24. The first-order valence-electron chi connectivity index (χ1n) is 11.5. The van der Waals surface area contributed by atoms with Gasteiger partial charge in [0.15, 0.2) is 11.6 Å². The van der Waals surface area contributed by atoms with Crippen LogP contribution in [-0.2, 0) is 4.74 Å². The minimum atomic E-state index is -0.947. The van der Waals surface area contributed by atoms with Gasteiger partial charge in [-0.05, 0) is 60.6 Å². The molecule has 1 fully saturated rings. The largest absolute Gasteiger partial charge is 0.491 e. The molecule has 1 aliphatic heterocycles. The van der Waals surface area contributed by atoms with Crippen LogP contribution in [0.2, 0.25) is 0 Å². The summed E-state index contributed by atoms with van der Waals surface area (Å²) in [7, 11) is 0. The van der Waals surface area contributed by atoms with Crippen molar-refractivity contribution in [2.75, 3.05) is 13.2 Å². The number of hydrogen-bond donors (Lipinski definition) is 0. The number of ether oxygens (including phenoxy) is 2. The molecule has 4 heteroatoms. The minimum Gasteiger partial charge on any atom is -0.491 e. The maximum absolute atomic E-state index is 14.5. The zero-order valence-corrected chi connectivity index (χ0v) is 18.7. The molecule has 3 aromatic carbocycles. The summed E-state index contributed by atoms with van der Waals surface area (Å²) in [5, 5.41) is 0. The van der Waals surface area contributed by atoms with Gasteiger partial charge in [0.1, 0.15) is 0 Å². The van der Waals surface area contributed by atoms with E-state index in [4.69, 9.17) is 9.47 Å². The van der Waals surface area contributed by atoms with Crippen molar-refractivity contribution in [3.8, 4) is 28.0 Å². The van der Waals surface area contributed by atoms with Gasteiger partial charge in [-0.25, -0.2) is 4.39 Å². The summed E-state index contributed by atoms with van der Waals surface area (Å²) < 4.78 is 39.9. The standard InChI is InChI=1S/C28H30F2O2/c1-3-5-24-15-14-23(18-32-24)21-8-6-19(7-9-21)20-10-12-22(13-11-20)25-16-17-26(31-4-2)28(30)27(25)29/h6-13,16-17,23-24H,3-5,14-15,18H2,1-2H3. The molecular formula is C28H30F2O2. The Morgan fingerprint density at radius 2 is 1.47 bits per heavy atom. The molecule has 2 unspecified atom stereocenters. The number of hydrogen-bond acceptors (Lipinski definition) is 2. The molecule has 0 aliphatic carbocycles. The molecule has 0 aromatic heterocycles. The molecule has 168 valence electrons. The Morgan fingerprint density at radius 1 is 0.812 bits per heavy atom. The summed E-state index contributed by atoms with van der Waals surface area (Å²) in [4.78, 5) is 0. The van der Waals surface area contributed by atoms with E-state index in [1.165, 1.54) is 24.5 Å². The molecule has 0 spiro atoms. The highest BCUT2D eigenvalue weighted by Crippen LogP contribution is 2.33. The molecule has 0 bridgehead atoms. The van der Waals surface area contributed by atoms with Gasteiger partial charge in [0.25, 0.3) is 0 Å². The van der Waals surface area contributed by atoms with Crippen LogP contribution < -0.4 is 4.74 Å². The Bertz CT molecular complexity index is 1020. The Kier molecular flexibility index (Phi) is 7.21. The second-order valence-corrected chi connectivity index (χ2v) is 8.39. The summed E-state index contributed by atoms with van der Waals surface area (Å²) in [5.74, 6) is -1.44. The number of benzene rings is 3. The molecule has 0 radical (unpaired) electrons. The molecule has 4 rings (SSSR count). The van der Waals surface area contributed by atoms with E-state index in [1.807, 2.05) is 24.3 Å². The van der Waals surface area contributed by atoms with Crippen LogP contribution in [0, 0.1) is 11.6 Å². The number of halogens is 2. The monoisotopic (exact) mass is 436 g/mol. The first kappa shape index (κ1) is 22.5. The smallest absolute Gasteiger partial charge is 0.201 e. The van der Waals surface area contributed by atoms with Crippen molar-refractivity contribution >= 4 is 0 Å². The molecule has 0 saturated carbocycles. The van der Waals surface area contributed by atoms with Crippen LogP contribution in [-0.4, -0.2) is 19.3 Å². The molecule has 1 aliphatic rings. The molecule has 1 heterocycles. The van der Waals surface area contributed by atoms with Gasteiger partial charge in [-0.15, -0.1) is 0 Å². The zero-order valence-electron chi connectivity index (χ0n) is 18.7. The van der Waals surface area contributed by atoms with Crippen LogP contribution in [0.25, 0.3) is 22.3 Å². The highest BCUT2D eigenvalue weighted by atomic mass is 19.2. The van der Waals surface area contributed by atoms with Gasteiger partial charge in [-0.3, -0.25) is 0 Å². The van der Waals surface area contributed by atoms with Crippen molar-refractivity contribution in [1.82, 2.24) is 0 Å². The first-order valence-corrected chi connectivity index (χ1v) is 11.5. The Balaban J connectivity index is 1.46. The Morgan fingerprint density at radius 3 is 2.06 bits per heavy atom. The van der Waals surface area contributed by atoms with Crippen LogP contribution >= 0.6 is 0 Å². The van der Waals surface area contributed by atoms with E-state index in [0.717, 1.165) is 30.6 Å². The van der Waals surface area contributed by atoms with E-state index < -0.39 is 11.6 Å². The highest BCUT2D eigenvalue weighted by molar-refractivity contribution is 5.71. The molecule has 3 aromatic rings. The van der Waals surface area contributed by atoms with Crippen LogP contribution in [0.3, 0.4) is 0 Å². The summed E-state index contributed by atoms with van der Waals surface area (Å²) in [6.07, 6.45) is 5.04. The second kappa shape index (κ2) is 10.3. The Hall–Kier alpha value is -2.72. The van der Waals surface area contributed by atoms with Gasteiger partial charge >= 0.3 is 0 Å². The van der Waals surface area contributed by atoms with Gasteiger partial charge in [-0.2, -0.15) is 4.39 Å². The lowest BCUT2D eigenvalue weighted by Gasteiger charge is -2.29. The van der Waals surface area contributed by atoms with E-state index in [-0.39, 0.29) is 17.9 Å². The molecule has 2 atom stereocenters. The third-order valence-electron chi connectivity index (χ3n) is 6.24. The van der Waals surface area contributed by atoms with E-state index in [2.05, 4.69) is 31.2 Å². The predicted octanol–water partition coefficient (Wildman–Crippen LogP) is 7.76. The molecule has 0 amide bonds. The third kappa shape index (κ3) is 4.86. The lowest BCUT2D eigenvalue weighted by atomic mass is 9.89. The summed E-state index contributed by atoms with van der Waals surface area (Å²) in [5.41, 5.74) is 4.30. The summed E-state index contributed by atoms with van der Waals surface area (Å²) in [6, 6.07) is 19.2. The summed E-state index contributed by atoms with van der Waals surface area (Å²) >= 11 is 0. The fourth-order valence-corrected chi connectivity index (χ4v) is 4.43. The van der Waals surface area contributed by atoms with Crippen molar-refractivity contribution in [3.63, 3.8) is 0 Å². The zero-order chi connectivity index (χ0) is 22.5. The van der Waals surface area contributed by atoms with Crippen molar-refractivity contribution in [1.29, 1.82) is 0 Å². The van der Waals surface area contributed by atoms with E-state index in [1.54, 1.807) is 13.0 Å². The fraction of sp³-hybridized carbons (Fsp3) is 0.357. The maximum atomic E-state index is 14.5. The van der Waals surface area contributed by atoms with E-state index in [0.29, 0.717) is 17.6 Å². The molecular weight excluding hydrogens is 406 g/mol. The van der Waals surface area contributed by atoms with E-state index in [9.17, 15) is 8.78 Å². The highest BCUT2D eigenvalue weighted by Gasteiger charge is 2.22. The van der Waals surface area contributed by atoms with Crippen molar-refractivity contribution in [2.24, 2.45) is 0 Å². The van der Waals surface area contributed by atoms with Crippen molar-refractivity contribution in [2.45, 2.75) is 51.6 Å². The van der Waals surface area contributed by atoms with Crippen LogP contribution in [0.4, 0.5) is 8.78 Å². The third-order valence-corrected chi connectivity index (χ3v) is 6.24. The van der Waals surface area contributed by atoms with Crippen LogP contribution in [0.1, 0.15) is 51.0 Å². The average Bonchev–Trinajstić information content (AvgIpc) is 2.83. The summed E-state index contributed by atoms with van der Waals surface area (Å²) in [6.45, 7) is 5.02. The first-order chi connectivity index (χ1) is 15.6. The second-order valence-electron chi connectivity index (χ2n) is 8.39. The SMILES string of the molecule is CCCC1CCC(c2ccc(-c3ccc(-c4ccc(OCC)c(F)c4F)cc3)cc2)CO1. The normalized spacial score (nSPS) is 18.5. The molecule has 32 heavy (non-hydrogen) atoms. The van der Waals surface area contributed by atoms with Crippen LogP contribution in [0.15, 0.2) is 60.7 Å². The lowest BCUT2D eigenvalue weighted by molar-refractivity contribution is -0.00111.